The van der Waals surface area contributed by atoms with Gasteiger partial charge in [0, 0.05) is 12.1 Å². The molecule has 0 saturated carbocycles. The fourth-order valence-electron chi connectivity index (χ4n) is 2.67. The molecule has 0 radical (unpaired) electrons. The van der Waals surface area contributed by atoms with Crippen LogP contribution in [0.1, 0.15) is 32.3 Å². The third kappa shape index (κ3) is 1.17. The summed E-state index contributed by atoms with van der Waals surface area (Å²) < 4.78 is 0. The summed E-state index contributed by atoms with van der Waals surface area (Å²) in [7, 11) is 0. The summed E-state index contributed by atoms with van der Waals surface area (Å²) in [6.45, 7) is 4.55. The summed E-state index contributed by atoms with van der Waals surface area (Å²) in [4.78, 5) is 7.54. The molecule has 16 heavy (non-hydrogen) atoms. The summed E-state index contributed by atoms with van der Waals surface area (Å²) in [6, 6.07) is 8.56. The van der Waals surface area contributed by atoms with E-state index in [2.05, 4.69) is 48.2 Å². The third-order valence-corrected chi connectivity index (χ3v) is 3.90. The first-order valence-electron chi connectivity index (χ1n) is 5.82. The second-order valence-electron chi connectivity index (χ2n) is 4.82. The molecule has 0 aromatic heterocycles. The fourth-order valence-corrected chi connectivity index (χ4v) is 2.67. The monoisotopic (exact) mass is 216 g/mol. The van der Waals surface area contributed by atoms with Gasteiger partial charge in [-0.2, -0.15) is 0 Å². The molecule has 0 aliphatic carbocycles. The van der Waals surface area contributed by atoms with Crippen molar-refractivity contribution in [1.29, 1.82) is 0 Å². The van der Waals surface area contributed by atoms with E-state index in [1.165, 1.54) is 11.3 Å². The molecule has 1 aromatic rings. The summed E-state index contributed by atoms with van der Waals surface area (Å²) >= 11 is 0. The standard InChI is InChI=1S/C13H16N2O/c1-3-13(2)8-12-15(9-14-16-12)11-7-5-4-6-10(11)13/h4-7,9,12H,3,8H2,1-2H3. The van der Waals surface area contributed by atoms with Gasteiger partial charge in [-0.25, -0.2) is 0 Å². The van der Waals surface area contributed by atoms with Crippen molar-refractivity contribution in [2.24, 2.45) is 5.16 Å². The van der Waals surface area contributed by atoms with E-state index in [0.29, 0.717) is 0 Å². The summed E-state index contributed by atoms with van der Waals surface area (Å²) in [5, 5.41) is 3.93. The predicted molar refractivity (Wildman–Crippen MR) is 64.5 cm³/mol. The molecule has 3 rings (SSSR count). The van der Waals surface area contributed by atoms with Gasteiger partial charge in [0.05, 0.1) is 0 Å². The van der Waals surface area contributed by atoms with Gasteiger partial charge in [-0.1, -0.05) is 37.2 Å². The zero-order valence-corrected chi connectivity index (χ0v) is 9.68. The molecule has 2 aliphatic heterocycles. The minimum Gasteiger partial charge on any atom is -0.369 e. The Hall–Kier alpha value is -1.51. The molecule has 0 spiro atoms. The molecule has 2 heterocycles. The lowest BCUT2D eigenvalue weighted by Crippen LogP contribution is -2.43. The van der Waals surface area contributed by atoms with Crippen molar-refractivity contribution < 1.29 is 4.84 Å². The number of fused-ring (bicyclic) bond motifs is 3. The van der Waals surface area contributed by atoms with Crippen LogP contribution in [0.2, 0.25) is 0 Å². The van der Waals surface area contributed by atoms with E-state index >= 15 is 0 Å². The second kappa shape index (κ2) is 3.24. The Morgan fingerprint density at radius 2 is 2.31 bits per heavy atom. The second-order valence-corrected chi connectivity index (χ2v) is 4.82. The SMILES string of the molecule is CCC1(C)CC2ON=CN2c2ccccc21. The zero-order valence-electron chi connectivity index (χ0n) is 9.68. The Kier molecular flexibility index (Phi) is 1.96. The first-order valence-corrected chi connectivity index (χ1v) is 5.82. The molecule has 3 heteroatoms. The molecule has 0 fully saturated rings. The van der Waals surface area contributed by atoms with E-state index in [4.69, 9.17) is 4.84 Å². The first kappa shape index (κ1) is 9.70. The van der Waals surface area contributed by atoms with Crippen LogP contribution < -0.4 is 4.90 Å². The molecule has 0 N–H and O–H groups in total. The Labute approximate surface area is 95.7 Å². The van der Waals surface area contributed by atoms with Crippen molar-refractivity contribution in [3.05, 3.63) is 29.8 Å². The van der Waals surface area contributed by atoms with Gasteiger partial charge < -0.3 is 4.84 Å². The number of oxime groups is 1. The van der Waals surface area contributed by atoms with Crippen LogP contribution in [0.15, 0.2) is 29.4 Å². The topological polar surface area (TPSA) is 24.8 Å². The largest absolute Gasteiger partial charge is 0.369 e. The highest BCUT2D eigenvalue weighted by molar-refractivity contribution is 5.83. The average Bonchev–Trinajstić information content (AvgIpc) is 2.77. The van der Waals surface area contributed by atoms with Crippen LogP contribution in [0.3, 0.4) is 0 Å². The zero-order chi connectivity index (χ0) is 11.2. The van der Waals surface area contributed by atoms with Gasteiger partial charge in [0.2, 0.25) is 6.23 Å². The third-order valence-electron chi connectivity index (χ3n) is 3.90. The Balaban J connectivity index is 2.15. The van der Waals surface area contributed by atoms with Crippen molar-refractivity contribution in [2.45, 2.75) is 38.3 Å². The Bertz CT molecular complexity index is 443. The maximum Gasteiger partial charge on any atom is 0.205 e. The van der Waals surface area contributed by atoms with E-state index in [1.807, 2.05) is 0 Å². The van der Waals surface area contributed by atoms with Gasteiger partial charge in [0.15, 0.2) is 0 Å². The summed E-state index contributed by atoms with van der Waals surface area (Å²) in [5.74, 6) is 0. The van der Waals surface area contributed by atoms with Crippen molar-refractivity contribution >= 4 is 12.0 Å². The molecular weight excluding hydrogens is 200 g/mol. The number of hydrogen-bond acceptors (Lipinski definition) is 3. The molecule has 1 aromatic carbocycles. The van der Waals surface area contributed by atoms with Crippen LogP contribution in [0.25, 0.3) is 0 Å². The lowest BCUT2D eigenvalue weighted by atomic mass is 9.73. The lowest BCUT2D eigenvalue weighted by Gasteiger charge is -2.41. The summed E-state index contributed by atoms with van der Waals surface area (Å²) in [5.41, 5.74) is 2.85. The minimum absolute atomic E-state index is 0.0832. The van der Waals surface area contributed by atoms with Crippen LogP contribution >= 0.6 is 0 Å². The number of rotatable bonds is 1. The fraction of sp³-hybridized carbons (Fsp3) is 0.462. The number of anilines is 1. The van der Waals surface area contributed by atoms with E-state index in [1.54, 1.807) is 6.34 Å². The van der Waals surface area contributed by atoms with Crippen LogP contribution in [0.5, 0.6) is 0 Å². The van der Waals surface area contributed by atoms with Gasteiger partial charge in [0.1, 0.15) is 6.34 Å². The van der Waals surface area contributed by atoms with Crippen LogP contribution in [-0.2, 0) is 10.3 Å². The molecule has 84 valence electrons. The molecule has 0 bridgehead atoms. The lowest BCUT2D eigenvalue weighted by molar-refractivity contribution is 0.0569. The molecule has 0 amide bonds. The Morgan fingerprint density at radius 3 is 3.12 bits per heavy atom. The molecule has 2 aliphatic rings. The van der Waals surface area contributed by atoms with Gasteiger partial charge in [-0.15, -0.1) is 0 Å². The number of nitrogens with zero attached hydrogens (tertiary/aromatic N) is 2. The average molecular weight is 216 g/mol. The van der Waals surface area contributed by atoms with Crippen LogP contribution in [0, 0.1) is 0 Å². The van der Waals surface area contributed by atoms with E-state index < -0.39 is 0 Å². The van der Waals surface area contributed by atoms with Crippen molar-refractivity contribution in [3.8, 4) is 0 Å². The molecular formula is C13H16N2O. The van der Waals surface area contributed by atoms with Crippen molar-refractivity contribution in [1.82, 2.24) is 0 Å². The van der Waals surface area contributed by atoms with Gasteiger partial charge in [0.25, 0.3) is 0 Å². The molecule has 0 saturated heterocycles. The van der Waals surface area contributed by atoms with E-state index in [-0.39, 0.29) is 11.6 Å². The molecule has 2 atom stereocenters. The number of hydrogen-bond donors (Lipinski definition) is 0. The van der Waals surface area contributed by atoms with E-state index in [0.717, 1.165) is 12.8 Å². The molecule has 3 nitrogen and oxygen atoms in total. The van der Waals surface area contributed by atoms with Crippen LogP contribution in [-0.4, -0.2) is 12.6 Å². The van der Waals surface area contributed by atoms with Gasteiger partial charge in [-0.3, -0.25) is 4.90 Å². The highest BCUT2D eigenvalue weighted by Crippen LogP contribution is 2.45. The molecule has 2 unspecified atom stereocenters. The van der Waals surface area contributed by atoms with Gasteiger partial charge in [-0.05, 0) is 23.5 Å². The van der Waals surface area contributed by atoms with E-state index in [9.17, 15) is 0 Å². The predicted octanol–water partition coefficient (Wildman–Crippen LogP) is 2.86. The highest BCUT2D eigenvalue weighted by Gasteiger charge is 2.41. The maximum atomic E-state index is 5.41. The van der Waals surface area contributed by atoms with Crippen LogP contribution in [0.4, 0.5) is 5.69 Å². The minimum atomic E-state index is 0.0832. The Morgan fingerprint density at radius 1 is 1.50 bits per heavy atom. The van der Waals surface area contributed by atoms with Crippen molar-refractivity contribution in [2.75, 3.05) is 4.90 Å². The number of benzene rings is 1. The smallest absolute Gasteiger partial charge is 0.205 e. The number of para-hydroxylation sites is 1. The first-order chi connectivity index (χ1) is 7.74. The maximum absolute atomic E-state index is 5.41. The van der Waals surface area contributed by atoms with Crippen molar-refractivity contribution in [3.63, 3.8) is 0 Å². The quantitative estimate of drug-likeness (QED) is 0.721. The highest BCUT2D eigenvalue weighted by atomic mass is 16.7. The summed E-state index contributed by atoms with van der Waals surface area (Å²) in [6.07, 6.45) is 4.00. The van der Waals surface area contributed by atoms with Gasteiger partial charge >= 0.3 is 0 Å². The normalized spacial score (nSPS) is 30.9.